The van der Waals surface area contributed by atoms with Crippen molar-refractivity contribution in [1.82, 2.24) is 10.9 Å². The molecule has 1 amide bonds. The van der Waals surface area contributed by atoms with Gasteiger partial charge in [0.05, 0.1) is 10.0 Å². The SMILES string of the molecule is CNNC(=O)COc1ccc(Cl)c(Cl)c1. The number of hydrazine groups is 1. The molecule has 1 aromatic carbocycles. The second-order valence-corrected chi connectivity index (χ2v) is 3.48. The molecule has 0 aliphatic carbocycles. The number of rotatable bonds is 4. The van der Waals surface area contributed by atoms with Crippen molar-refractivity contribution in [1.29, 1.82) is 0 Å². The van der Waals surface area contributed by atoms with E-state index in [4.69, 9.17) is 27.9 Å². The maximum atomic E-state index is 11.0. The topological polar surface area (TPSA) is 50.4 Å². The van der Waals surface area contributed by atoms with Crippen LogP contribution < -0.4 is 15.6 Å². The molecule has 2 N–H and O–H groups in total. The van der Waals surface area contributed by atoms with Crippen molar-refractivity contribution in [3.63, 3.8) is 0 Å². The highest BCUT2D eigenvalue weighted by atomic mass is 35.5. The first-order chi connectivity index (χ1) is 7.13. The summed E-state index contributed by atoms with van der Waals surface area (Å²) in [5.41, 5.74) is 4.87. The van der Waals surface area contributed by atoms with Crippen LogP contribution in [0.25, 0.3) is 0 Å². The fourth-order valence-electron chi connectivity index (χ4n) is 0.891. The number of hydrogen-bond acceptors (Lipinski definition) is 3. The first-order valence-corrected chi connectivity index (χ1v) is 4.92. The van der Waals surface area contributed by atoms with Gasteiger partial charge in [-0.2, -0.15) is 0 Å². The highest BCUT2D eigenvalue weighted by molar-refractivity contribution is 6.42. The summed E-state index contributed by atoms with van der Waals surface area (Å²) >= 11 is 11.5. The lowest BCUT2D eigenvalue weighted by Gasteiger charge is -2.06. The van der Waals surface area contributed by atoms with E-state index in [1.807, 2.05) is 0 Å². The Bertz CT molecular complexity index is 358. The highest BCUT2D eigenvalue weighted by Crippen LogP contribution is 2.26. The van der Waals surface area contributed by atoms with Crippen LogP contribution in [0.4, 0.5) is 0 Å². The van der Waals surface area contributed by atoms with Crippen molar-refractivity contribution in [3.8, 4) is 5.75 Å². The lowest BCUT2D eigenvalue weighted by atomic mass is 10.3. The zero-order valence-corrected chi connectivity index (χ0v) is 9.52. The van der Waals surface area contributed by atoms with Gasteiger partial charge in [-0.05, 0) is 12.1 Å². The molecule has 0 saturated heterocycles. The number of nitrogens with one attached hydrogen (secondary N) is 2. The van der Waals surface area contributed by atoms with Gasteiger partial charge in [-0.3, -0.25) is 10.2 Å². The van der Waals surface area contributed by atoms with E-state index < -0.39 is 0 Å². The smallest absolute Gasteiger partial charge is 0.271 e. The molecule has 0 aliphatic rings. The summed E-state index contributed by atoms with van der Waals surface area (Å²) in [6.07, 6.45) is 0. The van der Waals surface area contributed by atoms with Crippen LogP contribution in [-0.4, -0.2) is 19.6 Å². The molecular formula is C9H10Cl2N2O2. The van der Waals surface area contributed by atoms with E-state index >= 15 is 0 Å². The van der Waals surface area contributed by atoms with Crippen LogP contribution in [0.5, 0.6) is 5.75 Å². The Balaban J connectivity index is 2.51. The Labute approximate surface area is 97.5 Å². The number of carbonyl (C=O) groups is 1. The van der Waals surface area contributed by atoms with E-state index in [0.717, 1.165) is 0 Å². The minimum Gasteiger partial charge on any atom is -0.484 e. The lowest BCUT2D eigenvalue weighted by Crippen LogP contribution is -2.37. The average molecular weight is 249 g/mol. The zero-order chi connectivity index (χ0) is 11.3. The molecule has 0 unspecified atom stereocenters. The lowest BCUT2D eigenvalue weighted by molar-refractivity contribution is -0.123. The molecule has 0 bridgehead atoms. The normalized spacial score (nSPS) is 9.80. The average Bonchev–Trinajstić information content (AvgIpc) is 2.20. The molecule has 0 saturated carbocycles. The number of halogens is 2. The van der Waals surface area contributed by atoms with Crippen molar-refractivity contribution in [2.45, 2.75) is 0 Å². The molecule has 0 spiro atoms. The molecule has 15 heavy (non-hydrogen) atoms. The molecule has 1 aromatic rings. The van der Waals surface area contributed by atoms with Crippen LogP contribution in [0.3, 0.4) is 0 Å². The third-order valence-corrected chi connectivity index (χ3v) is 2.26. The van der Waals surface area contributed by atoms with Gasteiger partial charge in [-0.1, -0.05) is 23.2 Å². The van der Waals surface area contributed by atoms with E-state index in [0.29, 0.717) is 15.8 Å². The highest BCUT2D eigenvalue weighted by Gasteiger charge is 2.03. The fraction of sp³-hybridized carbons (Fsp3) is 0.222. The molecular weight excluding hydrogens is 239 g/mol. The number of hydrogen-bond donors (Lipinski definition) is 2. The zero-order valence-electron chi connectivity index (χ0n) is 8.01. The van der Waals surface area contributed by atoms with E-state index in [1.165, 1.54) is 0 Å². The second kappa shape index (κ2) is 5.80. The van der Waals surface area contributed by atoms with Gasteiger partial charge in [0, 0.05) is 13.1 Å². The van der Waals surface area contributed by atoms with E-state index in [2.05, 4.69) is 10.9 Å². The molecule has 82 valence electrons. The van der Waals surface area contributed by atoms with Gasteiger partial charge in [0.15, 0.2) is 6.61 Å². The van der Waals surface area contributed by atoms with Gasteiger partial charge >= 0.3 is 0 Å². The summed E-state index contributed by atoms with van der Waals surface area (Å²) in [5.74, 6) is 0.222. The van der Waals surface area contributed by atoms with Crippen LogP contribution >= 0.6 is 23.2 Å². The van der Waals surface area contributed by atoms with Crippen LogP contribution in [-0.2, 0) is 4.79 Å². The largest absolute Gasteiger partial charge is 0.484 e. The third kappa shape index (κ3) is 3.95. The summed E-state index contributed by atoms with van der Waals surface area (Å²) in [4.78, 5) is 11.0. The quantitative estimate of drug-likeness (QED) is 0.797. The Hall–Kier alpha value is -0.970. The minimum absolute atomic E-state index is 0.0845. The summed E-state index contributed by atoms with van der Waals surface area (Å²) in [7, 11) is 1.59. The predicted octanol–water partition coefficient (Wildman–Crippen LogP) is 1.62. The van der Waals surface area contributed by atoms with Gasteiger partial charge in [0.1, 0.15) is 5.75 Å². The monoisotopic (exact) mass is 248 g/mol. The van der Waals surface area contributed by atoms with E-state index in [9.17, 15) is 4.79 Å². The summed E-state index contributed by atoms with van der Waals surface area (Å²) in [6.45, 7) is -0.0845. The van der Waals surface area contributed by atoms with Gasteiger partial charge < -0.3 is 4.74 Å². The number of carbonyl (C=O) groups excluding carboxylic acids is 1. The van der Waals surface area contributed by atoms with Crippen LogP contribution in [0.1, 0.15) is 0 Å². The maximum Gasteiger partial charge on any atom is 0.271 e. The van der Waals surface area contributed by atoms with E-state index in [1.54, 1.807) is 25.2 Å². The van der Waals surface area contributed by atoms with Gasteiger partial charge in [0.25, 0.3) is 5.91 Å². The standard InChI is InChI=1S/C9H10Cl2N2O2/c1-12-13-9(14)5-15-6-2-3-7(10)8(11)4-6/h2-4,12H,5H2,1H3,(H,13,14). The number of benzene rings is 1. The molecule has 0 heterocycles. The third-order valence-electron chi connectivity index (χ3n) is 1.53. The van der Waals surface area contributed by atoms with E-state index in [-0.39, 0.29) is 12.5 Å². The molecule has 0 atom stereocenters. The van der Waals surface area contributed by atoms with Crippen molar-refractivity contribution in [2.75, 3.05) is 13.7 Å². The van der Waals surface area contributed by atoms with Gasteiger partial charge in [0.2, 0.25) is 0 Å². The van der Waals surface area contributed by atoms with Crippen molar-refractivity contribution >= 4 is 29.1 Å². The molecule has 0 aromatic heterocycles. The summed E-state index contributed by atoms with van der Waals surface area (Å²) in [6, 6.07) is 4.80. The summed E-state index contributed by atoms with van der Waals surface area (Å²) in [5, 5.41) is 0.840. The van der Waals surface area contributed by atoms with Crippen LogP contribution in [0.15, 0.2) is 18.2 Å². The van der Waals surface area contributed by atoms with Gasteiger partial charge in [-0.25, -0.2) is 5.43 Å². The Kier molecular flexibility index (Phi) is 4.68. The minimum atomic E-state index is -0.274. The Morgan fingerprint density at radius 1 is 1.40 bits per heavy atom. The summed E-state index contributed by atoms with van der Waals surface area (Å²) < 4.78 is 5.16. The van der Waals surface area contributed by atoms with Crippen LogP contribution in [0, 0.1) is 0 Å². The molecule has 0 aliphatic heterocycles. The molecule has 0 radical (unpaired) electrons. The maximum absolute atomic E-state index is 11.0. The van der Waals surface area contributed by atoms with Crippen molar-refractivity contribution in [2.24, 2.45) is 0 Å². The number of amides is 1. The molecule has 0 fully saturated rings. The van der Waals surface area contributed by atoms with Crippen molar-refractivity contribution < 1.29 is 9.53 Å². The first-order valence-electron chi connectivity index (χ1n) is 4.17. The Morgan fingerprint density at radius 3 is 2.73 bits per heavy atom. The van der Waals surface area contributed by atoms with Crippen molar-refractivity contribution in [3.05, 3.63) is 28.2 Å². The van der Waals surface area contributed by atoms with Crippen LogP contribution in [0.2, 0.25) is 10.0 Å². The predicted molar refractivity (Wildman–Crippen MR) is 59.2 cm³/mol. The first kappa shape index (κ1) is 12.1. The molecule has 6 heteroatoms. The Morgan fingerprint density at radius 2 is 2.13 bits per heavy atom. The molecule has 1 rings (SSSR count). The number of ether oxygens (including phenoxy) is 1. The van der Waals surface area contributed by atoms with Gasteiger partial charge in [-0.15, -0.1) is 0 Å². The molecule has 4 nitrogen and oxygen atoms in total. The fourth-order valence-corrected chi connectivity index (χ4v) is 1.18. The second-order valence-electron chi connectivity index (χ2n) is 2.66.